The first-order valence-corrected chi connectivity index (χ1v) is 7.85. The highest BCUT2D eigenvalue weighted by molar-refractivity contribution is 7.89. The van der Waals surface area contributed by atoms with Gasteiger partial charge in [0, 0.05) is 13.1 Å². The first-order chi connectivity index (χ1) is 9.78. The predicted octanol–water partition coefficient (Wildman–Crippen LogP) is 1.23. The van der Waals surface area contributed by atoms with Gasteiger partial charge < -0.3 is 4.90 Å². The van der Waals surface area contributed by atoms with E-state index in [0.29, 0.717) is 19.2 Å². The van der Waals surface area contributed by atoms with Crippen molar-refractivity contribution in [3.8, 4) is 6.07 Å². The smallest absolute Gasteiger partial charge is 0.244 e. The summed E-state index contributed by atoms with van der Waals surface area (Å²) in [4.78, 5) is 1.18. The lowest BCUT2D eigenvalue weighted by atomic mass is 9.91. The number of benzene rings is 1. The van der Waals surface area contributed by atoms with Crippen LogP contribution in [0.4, 0.5) is 8.78 Å². The second-order valence-electron chi connectivity index (χ2n) is 5.18. The molecule has 114 valence electrons. The highest BCUT2D eigenvalue weighted by atomic mass is 32.2. The maximum absolute atomic E-state index is 13.6. The quantitative estimate of drug-likeness (QED) is 0.910. The van der Waals surface area contributed by atoms with E-state index >= 15 is 0 Å². The highest BCUT2D eigenvalue weighted by Gasteiger charge is 2.38. The summed E-state index contributed by atoms with van der Waals surface area (Å²) in [5.74, 6) is -1.91. The molecule has 0 bridgehead atoms. The molecule has 1 saturated heterocycles. The van der Waals surface area contributed by atoms with Crippen molar-refractivity contribution in [1.29, 1.82) is 5.26 Å². The molecular weight excluding hydrogens is 300 g/mol. The lowest BCUT2D eigenvalue weighted by Gasteiger charge is -2.35. The van der Waals surface area contributed by atoms with Crippen LogP contribution in [0.1, 0.15) is 12.8 Å². The van der Waals surface area contributed by atoms with Gasteiger partial charge in [0.15, 0.2) is 0 Å². The van der Waals surface area contributed by atoms with Crippen molar-refractivity contribution < 1.29 is 17.2 Å². The van der Waals surface area contributed by atoms with Gasteiger partial charge in [0.1, 0.15) is 22.1 Å². The van der Waals surface area contributed by atoms with Crippen LogP contribution < -0.4 is 4.72 Å². The summed E-state index contributed by atoms with van der Waals surface area (Å²) in [6, 6.07) is 4.16. The number of halogens is 2. The number of piperidine rings is 1. The second kappa shape index (κ2) is 5.67. The first-order valence-electron chi connectivity index (χ1n) is 6.37. The lowest BCUT2D eigenvalue weighted by Crippen LogP contribution is -2.53. The molecule has 1 aromatic rings. The van der Waals surface area contributed by atoms with Gasteiger partial charge in [-0.05, 0) is 38.1 Å². The number of sulfonamides is 1. The number of nitrogens with zero attached hydrogens (tertiary/aromatic N) is 2. The molecule has 0 radical (unpaired) electrons. The molecular formula is C13H15F2N3O2S. The molecule has 1 fully saturated rings. The number of rotatable bonds is 3. The third kappa shape index (κ3) is 3.37. The van der Waals surface area contributed by atoms with E-state index in [2.05, 4.69) is 4.72 Å². The molecule has 8 heteroatoms. The Morgan fingerprint density at radius 2 is 1.95 bits per heavy atom. The Labute approximate surface area is 122 Å². The van der Waals surface area contributed by atoms with Crippen molar-refractivity contribution in [3.63, 3.8) is 0 Å². The normalized spacial score (nSPS) is 19.1. The van der Waals surface area contributed by atoms with Gasteiger partial charge >= 0.3 is 0 Å². The van der Waals surface area contributed by atoms with Crippen molar-refractivity contribution in [3.05, 3.63) is 29.8 Å². The number of nitrogens with one attached hydrogen (secondary N) is 1. The number of hydrogen-bond donors (Lipinski definition) is 1. The molecule has 21 heavy (non-hydrogen) atoms. The van der Waals surface area contributed by atoms with Crippen LogP contribution in [0.15, 0.2) is 23.1 Å². The van der Waals surface area contributed by atoms with Gasteiger partial charge in [-0.2, -0.15) is 9.98 Å². The number of nitriles is 1. The zero-order chi connectivity index (χ0) is 15.7. The summed E-state index contributed by atoms with van der Waals surface area (Å²) in [6.07, 6.45) is 0.576. The fourth-order valence-corrected chi connectivity index (χ4v) is 3.70. The Kier molecular flexibility index (Phi) is 4.27. The Morgan fingerprint density at radius 1 is 1.33 bits per heavy atom. The topological polar surface area (TPSA) is 73.2 Å². The molecule has 1 aromatic carbocycles. The van der Waals surface area contributed by atoms with E-state index in [1.54, 1.807) is 0 Å². The van der Waals surface area contributed by atoms with E-state index in [9.17, 15) is 22.5 Å². The van der Waals surface area contributed by atoms with Crippen LogP contribution in [0.5, 0.6) is 0 Å². The standard InChI is InChI=1S/C13H15F2N3O2S/c1-18-6-4-13(9-16,5-7-18)17-21(19,20)12-8-10(14)2-3-11(12)15/h2-3,8,17H,4-7H2,1H3. The first kappa shape index (κ1) is 15.8. The highest BCUT2D eigenvalue weighted by Crippen LogP contribution is 2.25. The Balaban J connectivity index is 2.32. The van der Waals surface area contributed by atoms with E-state index < -0.39 is 32.1 Å². The van der Waals surface area contributed by atoms with Crippen LogP contribution in [0.3, 0.4) is 0 Å². The molecule has 1 aliphatic rings. The van der Waals surface area contributed by atoms with E-state index in [-0.39, 0.29) is 12.8 Å². The maximum Gasteiger partial charge on any atom is 0.244 e. The molecule has 0 saturated carbocycles. The minimum atomic E-state index is -4.31. The van der Waals surface area contributed by atoms with Gasteiger partial charge in [-0.15, -0.1) is 0 Å². The van der Waals surface area contributed by atoms with Gasteiger partial charge in [-0.1, -0.05) is 0 Å². The van der Waals surface area contributed by atoms with Crippen molar-refractivity contribution in [2.75, 3.05) is 20.1 Å². The zero-order valence-corrected chi connectivity index (χ0v) is 12.3. The van der Waals surface area contributed by atoms with Crippen molar-refractivity contribution >= 4 is 10.0 Å². The average molecular weight is 315 g/mol. The molecule has 0 aliphatic carbocycles. The summed E-state index contributed by atoms with van der Waals surface area (Å²) in [6.45, 7) is 1.09. The lowest BCUT2D eigenvalue weighted by molar-refractivity contribution is 0.213. The van der Waals surface area contributed by atoms with Gasteiger partial charge in [0.05, 0.1) is 6.07 Å². The van der Waals surface area contributed by atoms with E-state index in [1.165, 1.54) is 0 Å². The zero-order valence-electron chi connectivity index (χ0n) is 11.4. The molecule has 0 aromatic heterocycles. The SMILES string of the molecule is CN1CCC(C#N)(NS(=O)(=O)c2cc(F)ccc2F)CC1. The van der Waals surface area contributed by atoms with Crippen LogP contribution in [0.2, 0.25) is 0 Å². The van der Waals surface area contributed by atoms with Crippen LogP contribution in [-0.4, -0.2) is 39.0 Å². The molecule has 0 amide bonds. The van der Waals surface area contributed by atoms with E-state index in [4.69, 9.17) is 0 Å². The number of hydrogen-bond acceptors (Lipinski definition) is 4. The summed E-state index contributed by atoms with van der Waals surface area (Å²) in [5, 5.41) is 9.30. The minimum Gasteiger partial charge on any atom is -0.306 e. The van der Waals surface area contributed by atoms with Gasteiger partial charge in [0.2, 0.25) is 10.0 Å². The Hall–Kier alpha value is -1.56. The summed E-state index contributed by atoms with van der Waals surface area (Å²) >= 11 is 0. The van der Waals surface area contributed by atoms with E-state index in [1.807, 2.05) is 18.0 Å². The molecule has 1 heterocycles. The monoisotopic (exact) mass is 315 g/mol. The van der Waals surface area contributed by atoms with Gasteiger partial charge in [0.25, 0.3) is 0 Å². The van der Waals surface area contributed by atoms with E-state index in [0.717, 1.165) is 12.1 Å². The Morgan fingerprint density at radius 3 is 2.52 bits per heavy atom. The molecule has 0 spiro atoms. The molecule has 1 aliphatic heterocycles. The summed E-state index contributed by atoms with van der Waals surface area (Å²) < 4.78 is 53.5. The molecule has 0 atom stereocenters. The fraction of sp³-hybridized carbons (Fsp3) is 0.462. The summed E-state index contributed by atoms with van der Waals surface area (Å²) in [5.41, 5.74) is -1.29. The van der Waals surface area contributed by atoms with Crippen LogP contribution in [0, 0.1) is 23.0 Å². The van der Waals surface area contributed by atoms with Crippen LogP contribution in [-0.2, 0) is 10.0 Å². The molecule has 2 rings (SSSR count). The average Bonchev–Trinajstić information content (AvgIpc) is 2.44. The maximum atomic E-state index is 13.6. The number of likely N-dealkylation sites (tertiary alicyclic amines) is 1. The van der Waals surface area contributed by atoms with Gasteiger partial charge in [-0.3, -0.25) is 0 Å². The minimum absolute atomic E-state index is 0.288. The third-order valence-electron chi connectivity index (χ3n) is 3.57. The van der Waals surface area contributed by atoms with Crippen molar-refractivity contribution in [2.45, 2.75) is 23.3 Å². The largest absolute Gasteiger partial charge is 0.306 e. The van der Waals surface area contributed by atoms with Crippen molar-refractivity contribution in [1.82, 2.24) is 9.62 Å². The van der Waals surface area contributed by atoms with Crippen LogP contribution in [0.25, 0.3) is 0 Å². The fourth-order valence-electron chi connectivity index (χ4n) is 2.23. The molecule has 5 nitrogen and oxygen atoms in total. The second-order valence-corrected chi connectivity index (χ2v) is 6.83. The summed E-state index contributed by atoms with van der Waals surface area (Å²) in [7, 11) is -2.44. The molecule has 1 N–H and O–H groups in total. The van der Waals surface area contributed by atoms with Crippen LogP contribution >= 0.6 is 0 Å². The predicted molar refractivity (Wildman–Crippen MR) is 71.8 cm³/mol. The molecule has 0 unspecified atom stereocenters. The third-order valence-corrected chi connectivity index (χ3v) is 5.12. The van der Waals surface area contributed by atoms with Gasteiger partial charge in [-0.25, -0.2) is 17.2 Å². The van der Waals surface area contributed by atoms with Crippen molar-refractivity contribution in [2.24, 2.45) is 0 Å². The Bertz CT molecular complexity index is 677.